The van der Waals surface area contributed by atoms with E-state index in [9.17, 15) is 5.11 Å². The molecule has 0 aliphatic carbocycles. The molecule has 1 aromatic rings. The molecular formula is C11H18N2O2. The van der Waals surface area contributed by atoms with Crippen LogP contribution in [-0.2, 0) is 11.3 Å². The monoisotopic (exact) mass is 210 g/mol. The summed E-state index contributed by atoms with van der Waals surface area (Å²) in [6.07, 6.45) is 2.44. The normalized spacial score (nSPS) is 23.3. The molecule has 0 aromatic carbocycles. The van der Waals surface area contributed by atoms with Gasteiger partial charge in [-0.1, -0.05) is 0 Å². The zero-order valence-electron chi connectivity index (χ0n) is 9.31. The Morgan fingerprint density at radius 2 is 2.47 bits per heavy atom. The Bertz CT molecular complexity index is 329. The Morgan fingerprint density at radius 3 is 3.00 bits per heavy atom. The van der Waals surface area contributed by atoms with Gasteiger partial charge in [0.1, 0.15) is 0 Å². The van der Waals surface area contributed by atoms with Crippen LogP contribution in [0.4, 0.5) is 0 Å². The van der Waals surface area contributed by atoms with Gasteiger partial charge in [-0.2, -0.15) is 0 Å². The van der Waals surface area contributed by atoms with E-state index in [1.807, 2.05) is 18.4 Å². The molecule has 0 radical (unpaired) electrons. The second-order valence-corrected chi connectivity index (χ2v) is 4.26. The maximum atomic E-state index is 10.0. The molecule has 84 valence electrons. The SMILES string of the molecule is Cc1ncn(CC(O)C2CCOC2)c1C. The molecule has 4 nitrogen and oxygen atoms in total. The number of hydrogen-bond donors (Lipinski definition) is 1. The molecule has 1 fully saturated rings. The fraction of sp³-hybridized carbons (Fsp3) is 0.727. The third kappa shape index (κ3) is 2.21. The molecule has 1 aromatic heterocycles. The topological polar surface area (TPSA) is 47.3 Å². The Hall–Kier alpha value is -0.870. The summed E-state index contributed by atoms with van der Waals surface area (Å²) in [5, 5.41) is 10.0. The van der Waals surface area contributed by atoms with Crippen LogP contribution in [0.2, 0.25) is 0 Å². The lowest BCUT2D eigenvalue weighted by molar-refractivity contribution is 0.0773. The number of rotatable bonds is 3. The molecule has 15 heavy (non-hydrogen) atoms. The Kier molecular flexibility index (Phi) is 3.07. The molecule has 2 atom stereocenters. The first kappa shape index (κ1) is 10.6. The predicted molar refractivity (Wildman–Crippen MR) is 56.6 cm³/mol. The molecule has 1 aliphatic heterocycles. The number of aliphatic hydroxyl groups is 1. The van der Waals surface area contributed by atoms with Gasteiger partial charge in [0.15, 0.2) is 0 Å². The van der Waals surface area contributed by atoms with Gasteiger partial charge >= 0.3 is 0 Å². The minimum Gasteiger partial charge on any atom is -0.391 e. The van der Waals surface area contributed by atoms with E-state index in [1.165, 1.54) is 0 Å². The van der Waals surface area contributed by atoms with Crippen LogP contribution >= 0.6 is 0 Å². The largest absolute Gasteiger partial charge is 0.391 e. The Morgan fingerprint density at radius 1 is 1.67 bits per heavy atom. The van der Waals surface area contributed by atoms with Gasteiger partial charge < -0.3 is 14.4 Å². The maximum Gasteiger partial charge on any atom is 0.0952 e. The van der Waals surface area contributed by atoms with E-state index in [0.717, 1.165) is 24.4 Å². The van der Waals surface area contributed by atoms with E-state index >= 15 is 0 Å². The molecule has 0 spiro atoms. The van der Waals surface area contributed by atoms with Crippen LogP contribution in [0.5, 0.6) is 0 Å². The highest BCUT2D eigenvalue weighted by molar-refractivity contribution is 5.08. The van der Waals surface area contributed by atoms with Crippen LogP contribution in [0.1, 0.15) is 17.8 Å². The summed E-state index contributed by atoms with van der Waals surface area (Å²) in [6, 6.07) is 0. The van der Waals surface area contributed by atoms with Crippen molar-refractivity contribution >= 4 is 0 Å². The maximum absolute atomic E-state index is 10.0. The highest BCUT2D eigenvalue weighted by Gasteiger charge is 2.24. The number of aliphatic hydroxyl groups excluding tert-OH is 1. The smallest absolute Gasteiger partial charge is 0.0952 e. The number of nitrogens with zero attached hydrogens (tertiary/aromatic N) is 2. The fourth-order valence-corrected chi connectivity index (χ4v) is 1.94. The molecule has 0 amide bonds. The van der Waals surface area contributed by atoms with E-state index in [2.05, 4.69) is 4.98 Å². The van der Waals surface area contributed by atoms with Crippen molar-refractivity contribution in [1.29, 1.82) is 0 Å². The first-order valence-corrected chi connectivity index (χ1v) is 5.42. The molecule has 2 unspecified atom stereocenters. The second kappa shape index (κ2) is 4.33. The van der Waals surface area contributed by atoms with Crippen molar-refractivity contribution in [1.82, 2.24) is 9.55 Å². The first-order chi connectivity index (χ1) is 7.18. The van der Waals surface area contributed by atoms with Gasteiger partial charge in [-0.3, -0.25) is 0 Å². The van der Waals surface area contributed by atoms with Gasteiger partial charge in [-0.05, 0) is 20.3 Å². The molecule has 1 aliphatic rings. The van der Waals surface area contributed by atoms with Crippen molar-refractivity contribution in [2.24, 2.45) is 5.92 Å². The van der Waals surface area contributed by atoms with Crippen LogP contribution in [-0.4, -0.2) is 34.0 Å². The van der Waals surface area contributed by atoms with Gasteiger partial charge in [0.05, 0.1) is 31.3 Å². The van der Waals surface area contributed by atoms with Gasteiger partial charge in [0.2, 0.25) is 0 Å². The quantitative estimate of drug-likeness (QED) is 0.806. The van der Waals surface area contributed by atoms with E-state index in [0.29, 0.717) is 13.2 Å². The van der Waals surface area contributed by atoms with Crippen molar-refractivity contribution < 1.29 is 9.84 Å². The van der Waals surface area contributed by atoms with Crippen molar-refractivity contribution in [2.45, 2.75) is 32.9 Å². The molecule has 4 heteroatoms. The number of aromatic nitrogens is 2. The Labute approximate surface area is 89.9 Å². The Balaban J connectivity index is 1.98. The minimum atomic E-state index is -0.320. The molecule has 1 N–H and O–H groups in total. The minimum absolute atomic E-state index is 0.284. The predicted octanol–water partition coefficient (Wildman–Crippen LogP) is 0.897. The van der Waals surface area contributed by atoms with Crippen molar-refractivity contribution in [3.63, 3.8) is 0 Å². The van der Waals surface area contributed by atoms with Crippen LogP contribution in [0.3, 0.4) is 0 Å². The molecule has 0 saturated carbocycles. The summed E-state index contributed by atoms with van der Waals surface area (Å²) in [4.78, 5) is 4.22. The summed E-state index contributed by atoms with van der Waals surface area (Å²) in [6.45, 7) is 6.11. The number of hydrogen-bond acceptors (Lipinski definition) is 3. The standard InChI is InChI=1S/C11H18N2O2/c1-8-9(2)13(7-12-8)5-11(14)10-3-4-15-6-10/h7,10-11,14H,3-6H2,1-2H3. The highest BCUT2D eigenvalue weighted by atomic mass is 16.5. The lowest BCUT2D eigenvalue weighted by Gasteiger charge is -2.17. The average Bonchev–Trinajstić information content (AvgIpc) is 2.83. The molecule has 1 saturated heterocycles. The summed E-state index contributed by atoms with van der Waals surface area (Å²) in [7, 11) is 0. The third-order valence-corrected chi connectivity index (χ3v) is 3.24. The van der Waals surface area contributed by atoms with Crippen LogP contribution in [0.25, 0.3) is 0 Å². The lowest BCUT2D eigenvalue weighted by Crippen LogP contribution is -2.26. The number of aryl methyl sites for hydroxylation is 1. The van der Waals surface area contributed by atoms with Crippen molar-refractivity contribution in [3.05, 3.63) is 17.7 Å². The number of ether oxygens (including phenoxy) is 1. The second-order valence-electron chi connectivity index (χ2n) is 4.26. The highest BCUT2D eigenvalue weighted by Crippen LogP contribution is 2.18. The summed E-state index contributed by atoms with van der Waals surface area (Å²) in [5.74, 6) is 0.284. The molecule has 0 bridgehead atoms. The van der Waals surface area contributed by atoms with Crippen molar-refractivity contribution in [3.8, 4) is 0 Å². The summed E-state index contributed by atoms with van der Waals surface area (Å²) < 4.78 is 7.28. The van der Waals surface area contributed by atoms with Crippen LogP contribution in [0.15, 0.2) is 6.33 Å². The lowest BCUT2D eigenvalue weighted by atomic mass is 10.0. The third-order valence-electron chi connectivity index (χ3n) is 3.24. The van der Waals surface area contributed by atoms with Crippen molar-refractivity contribution in [2.75, 3.05) is 13.2 Å². The van der Waals surface area contributed by atoms with Gasteiger partial charge in [0, 0.05) is 18.2 Å². The van der Waals surface area contributed by atoms with Crippen LogP contribution < -0.4 is 0 Å². The van der Waals surface area contributed by atoms with Gasteiger partial charge in [-0.15, -0.1) is 0 Å². The molecular weight excluding hydrogens is 192 g/mol. The summed E-state index contributed by atoms with van der Waals surface area (Å²) in [5.41, 5.74) is 2.16. The van der Waals surface area contributed by atoms with E-state index in [-0.39, 0.29) is 12.0 Å². The molecule has 2 rings (SSSR count). The first-order valence-electron chi connectivity index (χ1n) is 5.42. The van der Waals surface area contributed by atoms with Gasteiger partial charge in [-0.25, -0.2) is 4.98 Å². The van der Waals surface area contributed by atoms with Gasteiger partial charge in [0.25, 0.3) is 0 Å². The average molecular weight is 210 g/mol. The zero-order chi connectivity index (χ0) is 10.8. The zero-order valence-corrected chi connectivity index (χ0v) is 9.31. The van der Waals surface area contributed by atoms with E-state index in [1.54, 1.807) is 6.33 Å². The van der Waals surface area contributed by atoms with Crippen LogP contribution in [0, 0.1) is 19.8 Å². The summed E-state index contributed by atoms with van der Waals surface area (Å²) >= 11 is 0. The molecule has 2 heterocycles. The number of imidazole rings is 1. The van der Waals surface area contributed by atoms with E-state index < -0.39 is 0 Å². The van der Waals surface area contributed by atoms with E-state index in [4.69, 9.17) is 4.74 Å². The fourth-order valence-electron chi connectivity index (χ4n) is 1.94.